The van der Waals surface area contributed by atoms with E-state index in [2.05, 4.69) is 58.0 Å². The van der Waals surface area contributed by atoms with Gasteiger partial charge in [0.15, 0.2) is 6.29 Å². The molecule has 1 aromatic carbocycles. The lowest BCUT2D eigenvalue weighted by molar-refractivity contribution is -0.175. The second kappa shape index (κ2) is 6.41. The molecule has 23 heavy (non-hydrogen) atoms. The van der Waals surface area contributed by atoms with Crippen LogP contribution < -0.4 is 0 Å². The van der Waals surface area contributed by atoms with Crippen LogP contribution in [0.3, 0.4) is 0 Å². The maximum Gasteiger partial charge on any atom is 0.160 e. The maximum atomic E-state index is 5.59. The molecule has 0 N–H and O–H groups in total. The van der Waals surface area contributed by atoms with Gasteiger partial charge in [-0.05, 0) is 46.8 Å². The largest absolute Gasteiger partial charge is 0.352 e. The van der Waals surface area contributed by atoms with Crippen molar-refractivity contribution in [1.82, 2.24) is 0 Å². The summed E-state index contributed by atoms with van der Waals surface area (Å²) in [6.45, 7) is 11.1. The minimum Gasteiger partial charge on any atom is -0.352 e. The predicted molar refractivity (Wildman–Crippen MR) is 95.7 cm³/mol. The van der Waals surface area contributed by atoms with Crippen LogP contribution in [0.1, 0.15) is 70.1 Å². The maximum absolute atomic E-state index is 5.59. The zero-order chi connectivity index (χ0) is 16.5. The summed E-state index contributed by atoms with van der Waals surface area (Å²) in [5, 5.41) is 0. The summed E-state index contributed by atoms with van der Waals surface area (Å²) >= 11 is 0. The molecule has 1 aliphatic heterocycles. The van der Waals surface area contributed by atoms with Gasteiger partial charge >= 0.3 is 0 Å². The summed E-state index contributed by atoms with van der Waals surface area (Å²) < 4.78 is 11.2. The minimum atomic E-state index is -0.0620. The Morgan fingerprint density at radius 3 is 2.35 bits per heavy atom. The first-order chi connectivity index (χ1) is 10.9. The second-order valence-electron chi connectivity index (χ2n) is 8.24. The second-order valence-corrected chi connectivity index (χ2v) is 8.24. The van der Waals surface area contributed by atoms with Gasteiger partial charge in [-0.1, -0.05) is 58.0 Å². The molecular weight excluding hydrogens is 284 g/mol. The highest BCUT2D eigenvalue weighted by Crippen LogP contribution is 2.45. The third-order valence-corrected chi connectivity index (χ3v) is 5.41. The molecule has 3 rings (SSSR count). The fourth-order valence-electron chi connectivity index (χ4n) is 3.70. The van der Waals surface area contributed by atoms with Gasteiger partial charge < -0.3 is 9.47 Å². The van der Waals surface area contributed by atoms with Gasteiger partial charge in [-0.15, -0.1) is 0 Å². The Morgan fingerprint density at radius 1 is 1.00 bits per heavy atom. The van der Waals surface area contributed by atoms with Crippen LogP contribution >= 0.6 is 0 Å². The molecule has 0 amide bonds. The lowest BCUT2D eigenvalue weighted by Crippen LogP contribution is -2.33. The van der Waals surface area contributed by atoms with E-state index in [-0.39, 0.29) is 17.1 Å². The van der Waals surface area contributed by atoms with Crippen molar-refractivity contribution >= 4 is 6.08 Å². The van der Waals surface area contributed by atoms with Gasteiger partial charge in [-0.2, -0.15) is 0 Å². The van der Waals surface area contributed by atoms with Gasteiger partial charge in [0, 0.05) is 6.42 Å². The summed E-state index contributed by atoms with van der Waals surface area (Å²) in [5.74, 6) is 0. The van der Waals surface area contributed by atoms with Crippen LogP contribution in [-0.2, 0) is 20.3 Å². The fourth-order valence-corrected chi connectivity index (χ4v) is 3.70. The summed E-state index contributed by atoms with van der Waals surface area (Å²) in [7, 11) is 0. The van der Waals surface area contributed by atoms with Crippen LogP contribution in [-0.4, -0.2) is 19.5 Å². The van der Waals surface area contributed by atoms with Gasteiger partial charge in [-0.25, -0.2) is 0 Å². The fraction of sp³-hybridized carbons (Fsp3) is 0.619. The van der Waals surface area contributed by atoms with E-state index in [9.17, 15) is 0 Å². The monoisotopic (exact) mass is 314 g/mol. The zero-order valence-electron chi connectivity index (χ0n) is 15.0. The molecule has 0 atom stereocenters. The number of hydrogen-bond acceptors (Lipinski definition) is 2. The molecule has 1 heterocycles. The molecule has 1 fully saturated rings. The molecule has 1 aromatic rings. The van der Waals surface area contributed by atoms with Crippen LogP contribution in [0.4, 0.5) is 0 Å². The molecule has 126 valence electrons. The van der Waals surface area contributed by atoms with Crippen LogP contribution in [0.25, 0.3) is 6.08 Å². The number of ether oxygens (including phenoxy) is 2. The molecule has 0 aromatic heterocycles. The van der Waals surface area contributed by atoms with Crippen LogP contribution in [0, 0.1) is 0 Å². The van der Waals surface area contributed by atoms with E-state index in [1.807, 2.05) is 0 Å². The molecule has 2 aliphatic rings. The van der Waals surface area contributed by atoms with Gasteiger partial charge in [0.1, 0.15) is 0 Å². The van der Waals surface area contributed by atoms with Crippen LogP contribution in [0.5, 0.6) is 0 Å². The Kier molecular flexibility index (Phi) is 4.66. The van der Waals surface area contributed by atoms with Crippen LogP contribution in [0.15, 0.2) is 24.3 Å². The number of rotatable bonds is 3. The van der Waals surface area contributed by atoms with Gasteiger partial charge in [-0.3, -0.25) is 0 Å². The number of fused-ring (bicyclic) bond motifs is 1. The van der Waals surface area contributed by atoms with Crippen molar-refractivity contribution in [2.24, 2.45) is 0 Å². The standard InChI is InChI=1S/C21H30O2/c1-20(2)11-12-21(3,4)18-15-16(9-10-17(18)20)7-5-8-19-22-13-6-14-23-19/h5,7,9-10,15,19H,6,8,11-14H2,1-4H3. The van der Waals surface area contributed by atoms with Crippen molar-refractivity contribution in [1.29, 1.82) is 0 Å². The van der Waals surface area contributed by atoms with Crippen molar-refractivity contribution in [3.05, 3.63) is 41.0 Å². The molecule has 0 spiro atoms. The van der Waals surface area contributed by atoms with E-state index < -0.39 is 0 Å². The van der Waals surface area contributed by atoms with Crippen molar-refractivity contribution < 1.29 is 9.47 Å². The van der Waals surface area contributed by atoms with Crippen molar-refractivity contribution in [3.8, 4) is 0 Å². The zero-order valence-corrected chi connectivity index (χ0v) is 15.0. The third-order valence-electron chi connectivity index (χ3n) is 5.41. The number of hydrogen-bond donors (Lipinski definition) is 0. The predicted octanol–water partition coefficient (Wildman–Crippen LogP) is 5.20. The van der Waals surface area contributed by atoms with Crippen molar-refractivity contribution in [3.63, 3.8) is 0 Å². The first-order valence-corrected chi connectivity index (χ1v) is 8.93. The van der Waals surface area contributed by atoms with Gasteiger partial charge in [0.2, 0.25) is 0 Å². The highest BCUT2D eigenvalue weighted by atomic mass is 16.7. The molecule has 0 unspecified atom stereocenters. The highest BCUT2D eigenvalue weighted by Gasteiger charge is 2.36. The number of benzene rings is 1. The quantitative estimate of drug-likeness (QED) is 0.763. The van der Waals surface area contributed by atoms with Gasteiger partial charge in [0.25, 0.3) is 0 Å². The van der Waals surface area contributed by atoms with Crippen molar-refractivity contribution in [2.45, 2.75) is 70.5 Å². The average Bonchev–Trinajstić information content (AvgIpc) is 2.53. The Balaban J connectivity index is 1.77. The smallest absolute Gasteiger partial charge is 0.160 e. The minimum absolute atomic E-state index is 0.0620. The molecule has 1 aliphatic carbocycles. The first-order valence-electron chi connectivity index (χ1n) is 8.93. The van der Waals surface area contributed by atoms with E-state index in [0.717, 1.165) is 26.1 Å². The summed E-state index contributed by atoms with van der Waals surface area (Å²) in [5.41, 5.74) is 4.87. The average molecular weight is 314 g/mol. The Bertz CT molecular complexity index is 578. The molecule has 0 bridgehead atoms. The summed E-state index contributed by atoms with van der Waals surface area (Å²) in [4.78, 5) is 0. The molecule has 0 saturated carbocycles. The molecule has 1 saturated heterocycles. The normalized spacial score (nSPS) is 23.8. The summed E-state index contributed by atoms with van der Waals surface area (Å²) in [6.07, 6.45) is 8.68. The van der Waals surface area contributed by atoms with E-state index in [4.69, 9.17) is 9.47 Å². The Hall–Kier alpha value is -1.12. The first kappa shape index (κ1) is 16.7. The Labute approximate surface area is 140 Å². The molecular formula is C21H30O2. The lowest BCUT2D eigenvalue weighted by atomic mass is 9.63. The SMILES string of the molecule is CC1(C)CCC(C)(C)c2cc(C=CCC3OCCCO3)ccc21. The highest BCUT2D eigenvalue weighted by molar-refractivity contribution is 5.55. The van der Waals surface area contributed by atoms with Gasteiger partial charge in [0.05, 0.1) is 13.2 Å². The van der Waals surface area contributed by atoms with E-state index in [0.29, 0.717) is 0 Å². The Morgan fingerprint density at radius 2 is 1.65 bits per heavy atom. The lowest BCUT2D eigenvalue weighted by Gasteiger charge is -2.42. The third kappa shape index (κ3) is 3.70. The summed E-state index contributed by atoms with van der Waals surface area (Å²) in [6, 6.07) is 6.97. The molecule has 2 heteroatoms. The van der Waals surface area contributed by atoms with E-state index in [1.165, 1.54) is 29.5 Å². The van der Waals surface area contributed by atoms with E-state index in [1.54, 1.807) is 0 Å². The van der Waals surface area contributed by atoms with E-state index >= 15 is 0 Å². The topological polar surface area (TPSA) is 18.5 Å². The molecule has 0 radical (unpaired) electrons. The van der Waals surface area contributed by atoms with Crippen molar-refractivity contribution in [2.75, 3.05) is 13.2 Å². The van der Waals surface area contributed by atoms with Crippen LogP contribution in [0.2, 0.25) is 0 Å². The molecule has 2 nitrogen and oxygen atoms in total.